The number of nitrogens with zero attached hydrogens (tertiary/aromatic N) is 2. The SMILES string of the molecule is CN(CCC(F)(F)F)Cc1cc2ccccc2nc1Cl. The lowest BCUT2D eigenvalue weighted by Gasteiger charge is -2.18. The van der Waals surface area contributed by atoms with E-state index in [1.54, 1.807) is 11.9 Å². The van der Waals surface area contributed by atoms with Crippen molar-refractivity contribution in [2.75, 3.05) is 13.6 Å². The van der Waals surface area contributed by atoms with E-state index in [0.29, 0.717) is 11.7 Å². The number of pyridine rings is 1. The third kappa shape index (κ3) is 4.08. The smallest absolute Gasteiger partial charge is 0.302 e. The van der Waals surface area contributed by atoms with Gasteiger partial charge in [-0.05, 0) is 19.2 Å². The van der Waals surface area contributed by atoms with E-state index in [-0.39, 0.29) is 6.54 Å². The van der Waals surface area contributed by atoms with Crippen LogP contribution < -0.4 is 0 Å². The molecule has 1 heterocycles. The second-order valence-electron chi connectivity index (χ2n) is 4.73. The number of aromatic nitrogens is 1. The minimum absolute atomic E-state index is 0.0628. The first-order valence-corrected chi connectivity index (χ1v) is 6.52. The lowest BCUT2D eigenvalue weighted by atomic mass is 10.1. The van der Waals surface area contributed by atoms with E-state index in [0.717, 1.165) is 16.5 Å². The standard InChI is InChI=1S/C14H14ClF3N2/c1-20(7-6-14(16,17)18)9-11-8-10-4-2-3-5-12(10)19-13(11)15/h2-5,8H,6-7,9H2,1H3. The maximum atomic E-state index is 12.2. The molecule has 6 heteroatoms. The number of halogens is 4. The number of rotatable bonds is 4. The van der Waals surface area contributed by atoms with Crippen molar-refractivity contribution in [1.82, 2.24) is 9.88 Å². The first kappa shape index (κ1) is 15.1. The Morgan fingerprint density at radius 2 is 1.95 bits per heavy atom. The summed E-state index contributed by atoms with van der Waals surface area (Å²) < 4.78 is 36.5. The van der Waals surface area contributed by atoms with Gasteiger partial charge in [-0.1, -0.05) is 29.8 Å². The molecule has 0 saturated heterocycles. The van der Waals surface area contributed by atoms with E-state index in [4.69, 9.17) is 11.6 Å². The van der Waals surface area contributed by atoms with Crippen molar-refractivity contribution in [1.29, 1.82) is 0 Å². The van der Waals surface area contributed by atoms with Crippen LogP contribution in [0.15, 0.2) is 30.3 Å². The Hall–Kier alpha value is -1.33. The molecule has 2 aromatic rings. The van der Waals surface area contributed by atoms with E-state index in [1.165, 1.54) is 0 Å². The summed E-state index contributed by atoms with van der Waals surface area (Å²) in [4.78, 5) is 5.84. The van der Waals surface area contributed by atoms with Gasteiger partial charge in [0.25, 0.3) is 0 Å². The molecule has 0 amide bonds. The zero-order chi connectivity index (χ0) is 14.8. The highest BCUT2D eigenvalue weighted by molar-refractivity contribution is 6.30. The largest absolute Gasteiger partial charge is 0.390 e. The van der Waals surface area contributed by atoms with Crippen LogP contribution >= 0.6 is 11.6 Å². The molecule has 20 heavy (non-hydrogen) atoms. The summed E-state index contributed by atoms with van der Waals surface area (Å²) in [6.45, 7) is 0.277. The molecule has 0 unspecified atom stereocenters. The fourth-order valence-corrected chi connectivity index (χ4v) is 2.14. The molecule has 0 fully saturated rings. The predicted molar refractivity (Wildman–Crippen MR) is 73.8 cm³/mol. The van der Waals surface area contributed by atoms with Gasteiger partial charge >= 0.3 is 6.18 Å². The average Bonchev–Trinajstić information content (AvgIpc) is 2.36. The van der Waals surface area contributed by atoms with Gasteiger partial charge in [-0.3, -0.25) is 0 Å². The normalized spacial score (nSPS) is 12.3. The third-order valence-electron chi connectivity index (χ3n) is 2.97. The topological polar surface area (TPSA) is 16.1 Å². The van der Waals surface area contributed by atoms with Crippen LogP contribution in [0.25, 0.3) is 10.9 Å². The third-order valence-corrected chi connectivity index (χ3v) is 3.29. The van der Waals surface area contributed by atoms with Crippen LogP contribution in [0, 0.1) is 0 Å². The van der Waals surface area contributed by atoms with Crippen LogP contribution in [0.3, 0.4) is 0 Å². The number of hydrogen-bond donors (Lipinski definition) is 0. The molecule has 0 atom stereocenters. The lowest BCUT2D eigenvalue weighted by Crippen LogP contribution is -2.24. The molecule has 0 aliphatic rings. The molecule has 0 bridgehead atoms. The summed E-state index contributed by atoms with van der Waals surface area (Å²) >= 11 is 6.08. The predicted octanol–water partition coefficient (Wildman–Crippen LogP) is 4.27. The number of para-hydroxylation sites is 1. The highest BCUT2D eigenvalue weighted by Gasteiger charge is 2.27. The number of fused-ring (bicyclic) bond motifs is 1. The van der Waals surface area contributed by atoms with E-state index < -0.39 is 12.6 Å². The van der Waals surface area contributed by atoms with Crippen molar-refractivity contribution in [3.05, 3.63) is 41.0 Å². The summed E-state index contributed by atoms with van der Waals surface area (Å²) in [5.41, 5.74) is 1.51. The van der Waals surface area contributed by atoms with Crippen LogP contribution in [0.4, 0.5) is 13.2 Å². The first-order chi connectivity index (χ1) is 9.35. The molecular formula is C14H14ClF3N2. The molecule has 2 nitrogen and oxygen atoms in total. The Bertz CT molecular complexity index is 598. The summed E-state index contributed by atoms with van der Waals surface area (Å²) in [6, 6.07) is 9.36. The van der Waals surface area contributed by atoms with E-state index in [2.05, 4.69) is 4.98 Å². The molecule has 1 aromatic heterocycles. The van der Waals surface area contributed by atoms with Crippen molar-refractivity contribution < 1.29 is 13.2 Å². The van der Waals surface area contributed by atoms with Gasteiger partial charge in [0, 0.05) is 24.0 Å². The highest BCUT2D eigenvalue weighted by atomic mass is 35.5. The van der Waals surface area contributed by atoms with E-state index in [9.17, 15) is 13.2 Å². The van der Waals surface area contributed by atoms with Crippen LogP contribution in [0.2, 0.25) is 5.15 Å². The molecule has 0 spiro atoms. The Labute approximate surface area is 120 Å². The van der Waals surface area contributed by atoms with E-state index >= 15 is 0 Å². The Balaban J connectivity index is 2.11. The maximum Gasteiger partial charge on any atom is 0.390 e. The fraction of sp³-hybridized carbons (Fsp3) is 0.357. The molecule has 1 aromatic carbocycles. The van der Waals surface area contributed by atoms with Gasteiger partial charge in [0.2, 0.25) is 0 Å². The Morgan fingerprint density at radius 3 is 2.65 bits per heavy atom. The van der Waals surface area contributed by atoms with Crippen molar-refractivity contribution in [3.63, 3.8) is 0 Å². The Morgan fingerprint density at radius 1 is 1.25 bits per heavy atom. The lowest BCUT2D eigenvalue weighted by molar-refractivity contribution is -0.137. The zero-order valence-electron chi connectivity index (χ0n) is 10.9. The number of benzene rings is 1. The van der Waals surface area contributed by atoms with Crippen LogP contribution in [0.1, 0.15) is 12.0 Å². The monoisotopic (exact) mass is 302 g/mol. The molecule has 0 aliphatic carbocycles. The van der Waals surface area contributed by atoms with Gasteiger partial charge < -0.3 is 4.90 Å². The van der Waals surface area contributed by atoms with Crippen molar-refractivity contribution in [3.8, 4) is 0 Å². The molecule has 0 radical (unpaired) electrons. The Kier molecular flexibility index (Phi) is 4.50. The van der Waals surface area contributed by atoms with Gasteiger partial charge in [0.15, 0.2) is 0 Å². The molecule has 0 saturated carbocycles. The second-order valence-corrected chi connectivity index (χ2v) is 5.09. The van der Waals surface area contributed by atoms with E-state index in [1.807, 2.05) is 30.3 Å². The average molecular weight is 303 g/mol. The van der Waals surface area contributed by atoms with Crippen molar-refractivity contribution in [2.45, 2.75) is 19.1 Å². The number of hydrogen-bond acceptors (Lipinski definition) is 2. The first-order valence-electron chi connectivity index (χ1n) is 6.14. The summed E-state index contributed by atoms with van der Waals surface area (Å²) in [7, 11) is 1.64. The zero-order valence-corrected chi connectivity index (χ0v) is 11.7. The second kappa shape index (κ2) is 5.97. The van der Waals surface area contributed by atoms with Gasteiger partial charge in [0.1, 0.15) is 5.15 Å². The van der Waals surface area contributed by atoms with Gasteiger partial charge in [-0.15, -0.1) is 0 Å². The van der Waals surface area contributed by atoms with Crippen molar-refractivity contribution in [2.24, 2.45) is 0 Å². The van der Waals surface area contributed by atoms with Gasteiger partial charge in [-0.25, -0.2) is 4.98 Å². The molecule has 0 N–H and O–H groups in total. The summed E-state index contributed by atoms with van der Waals surface area (Å²) in [5, 5.41) is 1.26. The summed E-state index contributed by atoms with van der Waals surface area (Å²) in [5.74, 6) is 0. The maximum absolute atomic E-state index is 12.2. The molecule has 0 aliphatic heterocycles. The quantitative estimate of drug-likeness (QED) is 0.784. The molecular weight excluding hydrogens is 289 g/mol. The van der Waals surface area contributed by atoms with Gasteiger partial charge in [-0.2, -0.15) is 13.2 Å². The minimum Gasteiger partial charge on any atom is -0.302 e. The molecule has 108 valence electrons. The fourth-order valence-electron chi connectivity index (χ4n) is 1.93. The number of alkyl halides is 3. The van der Waals surface area contributed by atoms with Gasteiger partial charge in [0.05, 0.1) is 11.9 Å². The highest BCUT2D eigenvalue weighted by Crippen LogP contribution is 2.23. The summed E-state index contributed by atoms with van der Waals surface area (Å²) in [6.07, 6.45) is -4.97. The minimum atomic E-state index is -4.14. The van der Waals surface area contributed by atoms with Crippen molar-refractivity contribution >= 4 is 22.5 Å². The molecule has 2 rings (SSSR count). The van der Waals surface area contributed by atoms with Crippen LogP contribution in [-0.2, 0) is 6.54 Å². The van der Waals surface area contributed by atoms with Crippen LogP contribution in [-0.4, -0.2) is 29.7 Å². The van der Waals surface area contributed by atoms with Crippen LogP contribution in [0.5, 0.6) is 0 Å².